The largest absolute Gasteiger partial charge is 0.494 e. The maximum absolute atomic E-state index is 13.2. The minimum absolute atomic E-state index is 0.0753. The summed E-state index contributed by atoms with van der Waals surface area (Å²) >= 11 is 7.41. The van der Waals surface area contributed by atoms with Crippen LogP contribution < -0.4 is 0 Å². The van der Waals surface area contributed by atoms with Gasteiger partial charge in [-0.3, -0.25) is 9.69 Å². The van der Waals surface area contributed by atoms with Crippen molar-refractivity contribution in [2.75, 3.05) is 39.3 Å². The highest BCUT2D eigenvalue weighted by atomic mass is 35.5. The summed E-state index contributed by atoms with van der Waals surface area (Å²) in [4.78, 5) is 30.4. The van der Waals surface area contributed by atoms with E-state index in [2.05, 4.69) is 4.90 Å². The molecule has 0 saturated carbocycles. The van der Waals surface area contributed by atoms with Crippen molar-refractivity contribution in [2.45, 2.75) is 0 Å². The third-order valence-electron chi connectivity index (χ3n) is 5.13. The van der Waals surface area contributed by atoms with E-state index < -0.39 is 0 Å². The van der Waals surface area contributed by atoms with Crippen molar-refractivity contribution in [3.8, 4) is 5.88 Å². The number of piperazine rings is 1. The Labute approximate surface area is 176 Å². The number of amides is 1. The fourth-order valence-electron chi connectivity index (χ4n) is 3.64. The van der Waals surface area contributed by atoms with E-state index in [0.717, 1.165) is 0 Å². The summed E-state index contributed by atoms with van der Waals surface area (Å²) < 4.78 is 1.19. The SMILES string of the molecule is O=C(c1cccs1)c1c(O)n(C(=O)N2CCN(CCO)CC2)c2ccc(Cl)cc12. The lowest BCUT2D eigenvalue weighted by molar-refractivity contribution is 0.104. The van der Waals surface area contributed by atoms with Gasteiger partial charge in [0.1, 0.15) is 0 Å². The van der Waals surface area contributed by atoms with Crippen LogP contribution in [0.2, 0.25) is 5.02 Å². The molecule has 4 rings (SSSR count). The zero-order valence-electron chi connectivity index (χ0n) is 15.5. The van der Waals surface area contributed by atoms with Crippen molar-refractivity contribution in [1.29, 1.82) is 0 Å². The molecular weight excluding hydrogens is 414 g/mol. The number of rotatable bonds is 4. The number of carbonyl (C=O) groups excluding carboxylic acids is 2. The monoisotopic (exact) mass is 433 g/mol. The topological polar surface area (TPSA) is 86.0 Å². The number of benzene rings is 1. The van der Waals surface area contributed by atoms with Crippen molar-refractivity contribution in [1.82, 2.24) is 14.4 Å². The number of aliphatic hydroxyl groups is 1. The molecule has 29 heavy (non-hydrogen) atoms. The molecule has 1 amide bonds. The Bertz CT molecular complexity index is 1060. The van der Waals surface area contributed by atoms with Crippen LogP contribution in [0.1, 0.15) is 15.2 Å². The summed E-state index contributed by atoms with van der Waals surface area (Å²) in [7, 11) is 0. The van der Waals surface area contributed by atoms with Crippen LogP contribution in [0.15, 0.2) is 35.7 Å². The molecule has 1 fully saturated rings. The van der Waals surface area contributed by atoms with Crippen LogP contribution in [0.3, 0.4) is 0 Å². The number of aromatic hydroxyl groups is 1. The molecule has 1 aliphatic rings. The number of nitrogens with zero attached hydrogens (tertiary/aromatic N) is 3. The Morgan fingerprint density at radius 2 is 1.90 bits per heavy atom. The van der Waals surface area contributed by atoms with E-state index in [0.29, 0.717) is 53.5 Å². The standard InChI is InChI=1S/C20H20ClN3O4S/c21-13-3-4-15-14(12-13)17(18(26)16-2-1-11-29-16)19(27)24(15)20(28)23-7-5-22(6-8-23)9-10-25/h1-4,11-12,25,27H,5-10H2. The van der Waals surface area contributed by atoms with Gasteiger partial charge in [0.2, 0.25) is 11.7 Å². The Morgan fingerprint density at radius 3 is 2.55 bits per heavy atom. The smallest absolute Gasteiger partial charge is 0.331 e. The van der Waals surface area contributed by atoms with Gasteiger partial charge in [-0.1, -0.05) is 17.7 Å². The first-order valence-corrected chi connectivity index (χ1v) is 10.5. The number of fused-ring (bicyclic) bond motifs is 1. The summed E-state index contributed by atoms with van der Waals surface area (Å²) in [5.41, 5.74) is 0.520. The van der Waals surface area contributed by atoms with Crippen molar-refractivity contribution >= 4 is 45.7 Å². The van der Waals surface area contributed by atoms with E-state index in [9.17, 15) is 14.7 Å². The average Bonchev–Trinajstić information content (AvgIpc) is 3.34. The Morgan fingerprint density at radius 1 is 1.14 bits per heavy atom. The van der Waals surface area contributed by atoms with E-state index >= 15 is 0 Å². The third kappa shape index (κ3) is 3.64. The van der Waals surface area contributed by atoms with Gasteiger partial charge in [-0.05, 0) is 29.6 Å². The van der Waals surface area contributed by atoms with Gasteiger partial charge in [0.05, 0.1) is 22.6 Å². The number of aromatic nitrogens is 1. The van der Waals surface area contributed by atoms with E-state index in [1.54, 1.807) is 40.6 Å². The molecule has 9 heteroatoms. The van der Waals surface area contributed by atoms with Crippen LogP contribution in [0.5, 0.6) is 5.88 Å². The highest BCUT2D eigenvalue weighted by Crippen LogP contribution is 2.36. The molecule has 0 aliphatic carbocycles. The minimum Gasteiger partial charge on any atom is -0.494 e. The molecule has 0 atom stereocenters. The van der Waals surface area contributed by atoms with E-state index in [1.165, 1.54) is 15.9 Å². The second-order valence-electron chi connectivity index (χ2n) is 6.84. The lowest BCUT2D eigenvalue weighted by atomic mass is 10.1. The van der Waals surface area contributed by atoms with Crippen LogP contribution in [-0.4, -0.2) is 75.7 Å². The summed E-state index contributed by atoms with van der Waals surface area (Å²) in [6, 6.07) is 7.93. The van der Waals surface area contributed by atoms with Crippen LogP contribution in [0.25, 0.3) is 10.9 Å². The molecular formula is C20H20ClN3O4S. The maximum atomic E-state index is 13.2. The second-order valence-corrected chi connectivity index (χ2v) is 8.22. The molecule has 152 valence electrons. The van der Waals surface area contributed by atoms with Crippen LogP contribution in [-0.2, 0) is 0 Å². The fraction of sp³-hybridized carbons (Fsp3) is 0.300. The highest BCUT2D eigenvalue weighted by Gasteiger charge is 2.30. The van der Waals surface area contributed by atoms with E-state index in [4.69, 9.17) is 16.7 Å². The van der Waals surface area contributed by atoms with Gasteiger partial charge in [0.15, 0.2) is 0 Å². The number of ketones is 1. The Hall–Kier alpha value is -2.39. The molecule has 2 aromatic heterocycles. The predicted octanol–water partition coefficient (Wildman–Crippen LogP) is 2.87. The summed E-state index contributed by atoms with van der Waals surface area (Å²) in [6.45, 7) is 2.86. The minimum atomic E-state index is -0.385. The molecule has 7 nitrogen and oxygen atoms in total. The van der Waals surface area contributed by atoms with Gasteiger partial charge in [-0.25, -0.2) is 9.36 Å². The van der Waals surface area contributed by atoms with Crippen LogP contribution in [0, 0.1) is 0 Å². The Balaban J connectivity index is 1.74. The van der Waals surface area contributed by atoms with Gasteiger partial charge in [-0.15, -0.1) is 11.3 Å². The molecule has 0 radical (unpaired) electrons. The molecule has 1 saturated heterocycles. The fourth-order valence-corrected chi connectivity index (χ4v) is 4.49. The van der Waals surface area contributed by atoms with E-state index in [-0.39, 0.29) is 29.9 Å². The van der Waals surface area contributed by atoms with Gasteiger partial charge < -0.3 is 15.1 Å². The van der Waals surface area contributed by atoms with Gasteiger partial charge in [0.25, 0.3) is 0 Å². The normalized spacial score (nSPS) is 15.2. The van der Waals surface area contributed by atoms with E-state index in [1.807, 2.05) is 0 Å². The first kappa shape index (κ1) is 19.9. The highest BCUT2D eigenvalue weighted by molar-refractivity contribution is 7.12. The molecule has 0 unspecified atom stereocenters. The molecule has 2 N–H and O–H groups in total. The van der Waals surface area contributed by atoms with Crippen molar-refractivity contribution in [3.05, 3.63) is 51.2 Å². The number of thiophene rings is 1. The number of carbonyl (C=O) groups is 2. The summed E-state index contributed by atoms with van der Waals surface area (Å²) in [5, 5.41) is 22.7. The van der Waals surface area contributed by atoms with Crippen molar-refractivity contribution < 1.29 is 19.8 Å². The molecule has 1 aromatic carbocycles. The van der Waals surface area contributed by atoms with Gasteiger partial charge in [-0.2, -0.15) is 0 Å². The van der Waals surface area contributed by atoms with Crippen LogP contribution >= 0.6 is 22.9 Å². The van der Waals surface area contributed by atoms with Gasteiger partial charge >= 0.3 is 6.03 Å². The number of hydrogen-bond acceptors (Lipinski definition) is 6. The lowest BCUT2D eigenvalue weighted by Gasteiger charge is -2.34. The van der Waals surface area contributed by atoms with Crippen molar-refractivity contribution in [3.63, 3.8) is 0 Å². The molecule has 0 spiro atoms. The molecule has 3 aromatic rings. The number of halogens is 1. The average molecular weight is 434 g/mol. The number of β-amino-alcohol motifs (C(OH)–C–C–N with tert-alkyl or cyclic N) is 1. The van der Waals surface area contributed by atoms with Crippen molar-refractivity contribution in [2.24, 2.45) is 0 Å². The zero-order chi connectivity index (χ0) is 20.5. The second kappa shape index (κ2) is 8.16. The molecule has 1 aliphatic heterocycles. The first-order chi connectivity index (χ1) is 14.0. The molecule has 0 bridgehead atoms. The quantitative estimate of drug-likeness (QED) is 0.618. The lowest BCUT2D eigenvalue weighted by Crippen LogP contribution is -2.50. The predicted molar refractivity (Wildman–Crippen MR) is 112 cm³/mol. The first-order valence-electron chi connectivity index (χ1n) is 9.25. The van der Waals surface area contributed by atoms with Crippen LogP contribution in [0.4, 0.5) is 4.79 Å². The van der Waals surface area contributed by atoms with Gasteiger partial charge in [0, 0.05) is 43.1 Å². The third-order valence-corrected chi connectivity index (χ3v) is 6.23. The zero-order valence-corrected chi connectivity index (χ0v) is 17.1. The number of aliphatic hydroxyl groups excluding tert-OH is 1. The Kier molecular flexibility index (Phi) is 5.60. The number of hydrogen-bond donors (Lipinski definition) is 2. The summed E-state index contributed by atoms with van der Waals surface area (Å²) in [5.74, 6) is -0.715. The summed E-state index contributed by atoms with van der Waals surface area (Å²) in [6.07, 6.45) is 0. The molecule has 3 heterocycles. The maximum Gasteiger partial charge on any atom is 0.331 e.